The Bertz CT molecular complexity index is 361. The number of benzene rings is 1. The van der Waals surface area contributed by atoms with Crippen LogP contribution in [-0.2, 0) is 25.8 Å². The van der Waals surface area contributed by atoms with Crippen LogP contribution < -0.4 is 0 Å². The van der Waals surface area contributed by atoms with E-state index in [9.17, 15) is 0 Å². The first-order valence-corrected chi connectivity index (χ1v) is 5.53. The molecule has 0 radical (unpaired) electrons. The summed E-state index contributed by atoms with van der Waals surface area (Å²) in [5.74, 6) is 0. The van der Waals surface area contributed by atoms with Crippen LogP contribution in [0.15, 0.2) is 35.9 Å². The quantitative estimate of drug-likeness (QED) is 0.686. The molecule has 1 aliphatic rings. The van der Waals surface area contributed by atoms with E-state index in [2.05, 4.69) is 37.3 Å². The first-order chi connectivity index (χ1) is 5.77. The Morgan fingerprint density at radius 3 is 2.83 bits per heavy atom. The minimum absolute atomic E-state index is 1.13. The van der Waals surface area contributed by atoms with Crippen molar-refractivity contribution in [3.8, 4) is 0 Å². The predicted molar refractivity (Wildman–Crippen MR) is 48.0 cm³/mol. The van der Waals surface area contributed by atoms with Crippen molar-refractivity contribution in [1.29, 1.82) is 0 Å². The van der Waals surface area contributed by atoms with Gasteiger partial charge < -0.3 is 0 Å². The van der Waals surface area contributed by atoms with Crippen LogP contribution in [0.4, 0.5) is 0 Å². The van der Waals surface area contributed by atoms with Gasteiger partial charge in [0.05, 0.1) is 0 Å². The maximum absolute atomic E-state index is 2.32. The number of hydrogen-bond donors (Lipinski definition) is 0. The molecule has 0 aliphatic heterocycles. The molecule has 1 aromatic rings. The zero-order chi connectivity index (χ0) is 8.55. The van der Waals surface area contributed by atoms with Gasteiger partial charge in [0.1, 0.15) is 0 Å². The van der Waals surface area contributed by atoms with E-state index in [0.29, 0.717) is 0 Å². The monoisotopic (exact) mass is 326 g/mol. The summed E-state index contributed by atoms with van der Waals surface area (Å²) in [6.45, 7) is 2.21. The van der Waals surface area contributed by atoms with Crippen molar-refractivity contribution in [3.63, 3.8) is 0 Å². The van der Waals surface area contributed by atoms with Crippen LogP contribution in [0.1, 0.15) is 18.1 Å². The first-order valence-electron chi connectivity index (χ1n) is 4.07. The van der Waals surface area contributed by atoms with E-state index in [0.717, 1.165) is 6.42 Å². The van der Waals surface area contributed by atoms with Crippen molar-refractivity contribution in [1.82, 2.24) is 0 Å². The fourth-order valence-electron chi connectivity index (χ4n) is 1.57. The van der Waals surface area contributed by atoms with Gasteiger partial charge in [0, 0.05) is 0 Å². The standard InChI is InChI=1S/C11H10.W/c1-9-6-7-10-4-2-3-5-11(10)8-9;/h2-6H,8H2,1H3;. The maximum atomic E-state index is 2.32. The van der Waals surface area contributed by atoms with Crippen LogP contribution in [0.5, 0.6) is 0 Å². The molecule has 0 amide bonds. The third kappa shape index (κ3) is 1.36. The molecular formula is C11H10W. The molecule has 12 heavy (non-hydrogen) atoms. The first kappa shape index (κ1) is 8.13. The summed E-state index contributed by atoms with van der Waals surface area (Å²) in [5.41, 5.74) is 4.43. The second kappa shape index (κ2) is 3.11. The molecule has 1 heteroatoms. The summed E-state index contributed by atoms with van der Waals surface area (Å²) in [6, 6.07) is 8.70. The Balaban J connectivity index is 2.56. The molecule has 0 saturated heterocycles. The van der Waals surface area contributed by atoms with Crippen LogP contribution in [0.3, 0.4) is 0 Å². The van der Waals surface area contributed by atoms with Crippen molar-refractivity contribution in [2.75, 3.05) is 0 Å². The fourth-order valence-corrected chi connectivity index (χ4v) is 3.01. The van der Waals surface area contributed by atoms with Gasteiger partial charge in [-0.2, -0.15) is 0 Å². The van der Waals surface area contributed by atoms with Crippen molar-refractivity contribution < 1.29 is 19.4 Å². The Hall–Kier alpha value is -0.482. The van der Waals surface area contributed by atoms with E-state index in [1.54, 1.807) is 19.4 Å². The third-order valence-corrected chi connectivity index (χ3v) is 3.34. The average Bonchev–Trinajstić information content (AvgIpc) is 2.04. The molecule has 0 aromatic heterocycles. The number of hydrogen-bond acceptors (Lipinski definition) is 0. The van der Waals surface area contributed by atoms with Crippen molar-refractivity contribution in [2.45, 2.75) is 13.3 Å². The summed E-state index contributed by atoms with van der Waals surface area (Å²) < 4.78 is 1.48. The van der Waals surface area contributed by atoms with Crippen molar-refractivity contribution >= 4 is 3.90 Å². The van der Waals surface area contributed by atoms with Gasteiger partial charge in [0.25, 0.3) is 0 Å². The van der Waals surface area contributed by atoms with Crippen LogP contribution in [0, 0.1) is 0 Å². The van der Waals surface area contributed by atoms with E-state index in [1.165, 1.54) is 20.6 Å². The van der Waals surface area contributed by atoms with Gasteiger partial charge in [-0.3, -0.25) is 0 Å². The minimum atomic E-state index is 1.13. The zero-order valence-electron chi connectivity index (χ0n) is 7.00. The summed E-state index contributed by atoms with van der Waals surface area (Å²) >= 11 is 1.57. The molecule has 1 aromatic carbocycles. The van der Waals surface area contributed by atoms with Gasteiger partial charge in [-0.05, 0) is 0 Å². The van der Waals surface area contributed by atoms with Crippen LogP contribution in [-0.4, -0.2) is 3.90 Å². The fraction of sp³-hybridized carbons (Fsp3) is 0.182. The molecule has 0 atom stereocenters. The summed E-state index contributed by atoms with van der Waals surface area (Å²) in [5, 5.41) is 0. The Kier molecular flexibility index (Phi) is 2.10. The van der Waals surface area contributed by atoms with E-state index >= 15 is 0 Å². The van der Waals surface area contributed by atoms with Crippen molar-refractivity contribution in [2.24, 2.45) is 0 Å². The van der Waals surface area contributed by atoms with Crippen LogP contribution >= 0.6 is 0 Å². The van der Waals surface area contributed by atoms with Gasteiger partial charge in [0.2, 0.25) is 0 Å². The average molecular weight is 326 g/mol. The van der Waals surface area contributed by atoms with E-state index in [1.807, 2.05) is 0 Å². The SMILES string of the molecule is CC1=C[C](=[W])c2ccccc2C1. The Morgan fingerprint density at radius 2 is 2.00 bits per heavy atom. The Labute approximate surface area is 83.7 Å². The van der Waals surface area contributed by atoms with Gasteiger partial charge in [-0.1, -0.05) is 0 Å². The number of fused-ring (bicyclic) bond motifs is 1. The molecule has 0 nitrogen and oxygen atoms in total. The van der Waals surface area contributed by atoms with Gasteiger partial charge in [-0.25, -0.2) is 0 Å². The van der Waals surface area contributed by atoms with E-state index < -0.39 is 0 Å². The summed E-state index contributed by atoms with van der Waals surface area (Å²) in [6.07, 6.45) is 3.45. The van der Waals surface area contributed by atoms with Crippen molar-refractivity contribution in [3.05, 3.63) is 47.0 Å². The molecule has 0 N–H and O–H groups in total. The van der Waals surface area contributed by atoms with E-state index in [-0.39, 0.29) is 0 Å². The van der Waals surface area contributed by atoms with Gasteiger partial charge in [-0.15, -0.1) is 0 Å². The molecular weight excluding hydrogens is 316 g/mol. The van der Waals surface area contributed by atoms with Crippen LogP contribution in [0.2, 0.25) is 0 Å². The zero-order valence-corrected chi connectivity index (χ0v) is 9.94. The molecule has 2 rings (SSSR count). The topological polar surface area (TPSA) is 0 Å². The molecule has 0 fully saturated rings. The van der Waals surface area contributed by atoms with Crippen LogP contribution in [0.25, 0.3) is 0 Å². The molecule has 0 bridgehead atoms. The molecule has 0 heterocycles. The van der Waals surface area contributed by atoms with Gasteiger partial charge >= 0.3 is 83.6 Å². The molecule has 0 saturated carbocycles. The van der Waals surface area contributed by atoms with Gasteiger partial charge in [0.15, 0.2) is 0 Å². The molecule has 0 spiro atoms. The number of allylic oxidation sites excluding steroid dienone is 2. The van der Waals surface area contributed by atoms with E-state index in [4.69, 9.17) is 0 Å². The normalized spacial score (nSPS) is 15.4. The Morgan fingerprint density at radius 1 is 1.25 bits per heavy atom. The summed E-state index contributed by atoms with van der Waals surface area (Å²) in [4.78, 5) is 0. The third-order valence-electron chi connectivity index (χ3n) is 2.13. The molecule has 60 valence electrons. The number of rotatable bonds is 0. The molecule has 0 unspecified atom stereocenters. The molecule has 1 aliphatic carbocycles. The summed E-state index contributed by atoms with van der Waals surface area (Å²) in [7, 11) is 0. The second-order valence-electron chi connectivity index (χ2n) is 3.19. The second-order valence-corrected chi connectivity index (χ2v) is 4.77. The predicted octanol–water partition coefficient (Wildman–Crippen LogP) is 2.26.